The van der Waals surface area contributed by atoms with Gasteiger partial charge in [-0.15, -0.1) is 0 Å². The molecule has 3 rings (SSSR count). The summed E-state index contributed by atoms with van der Waals surface area (Å²) >= 11 is 0. The summed E-state index contributed by atoms with van der Waals surface area (Å²) in [6, 6.07) is 8.74. The van der Waals surface area contributed by atoms with Crippen molar-refractivity contribution < 1.29 is 0 Å². The fourth-order valence-corrected chi connectivity index (χ4v) is 3.82. The van der Waals surface area contributed by atoms with E-state index in [-0.39, 0.29) is 0 Å². The Labute approximate surface area is 156 Å². The molecule has 2 heterocycles. The van der Waals surface area contributed by atoms with E-state index in [0.717, 1.165) is 11.4 Å². The van der Waals surface area contributed by atoms with E-state index in [9.17, 15) is 0 Å². The predicted octanol–water partition coefficient (Wildman–Crippen LogP) is 4.36. The second kappa shape index (κ2) is 6.98. The first-order chi connectivity index (χ1) is 12.2. The number of hydrogen-bond acceptors (Lipinski definition) is 3. The van der Waals surface area contributed by atoms with Crippen LogP contribution >= 0.6 is 0 Å². The molecule has 0 radical (unpaired) electrons. The third-order valence-corrected chi connectivity index (χ3v) is 4.77. The van der Waals surface area contributed by atoms with Crippen molar-refractivity contribution in [1.29, 1.82) is 0 Å². The van der Waals surface area contributed by atoms with E-state index >= 15 is 0 Å². The second-order valence-corrected chi connectivity index (χ2v) is 7.42. The van der Waals surface area contributed by atoms with E-state index in [1.165, 1.54) is 33.8 Å². The molecular formula is C21H29N5. The van der Waals surface area contributed by atoms with Crippen LogP contribution in [0.3, 0.4) is 0 Å². The fraction of sp³-hybridized carbons (Fsp3) is 0.429. The van der Waals surface area contributed by atoms with Crippen molar-refractivity contribution in [1.82, 2.24) is 19.6 Å². The molecule has 3 aromatic rings. The molecule has 0 fully saturated rings. The molecule has 0 spiro atoms. The van der Waals surface area contributed by atoms with Crippen LogP contribution in [-0.4, -0.2) is 19.6 Å². The quantitative estimate of drug-likeness (QED) is 0.685. The number of benzene rings is 1. The lowest BCUT2D eigenvalue weighted by Crippen LogP contribution is -2.32. The van der Waals surface area contributed by atoms with Gasteiger partial charge in [-0.25, -0.2) is 9.36 Å². The Morgan fingerprint density at radius 1 is 0.692 bits per heavy atom. The fourth-order valence-electron chi connectivity index (χ4n) is 3.82. The Hall–Kier alpha value is -2.56. The predicted molar refractivity (Wildman–Crippen MR) is 107 cm³/mol. The van der Waals surface area contributed by atoms with Crippen LogP contribution in [0, 0.1) is 48.5 Å². The molecule has 1 aromatic carbocycles. The molecule has 5 heteroatoms. The number of anilines is 1. The summed E-state index contributed by atoms with van der Waals surface area (Å²) in [4.78, 5) is 2.36. The highest BCUT2D eigenvalue weighted by Crippen LogP contribution is 2.28. The molecule has 0 saturated carbocycles. The van der Waals surface area contributed by atoms with Gasteiger partial charge in [0.05, 0.1) is 11.4 Å². The minimum atomic E-state index is 0.697. The molecule has 0 N–H and O–H groups in total. The number of aryl methyl sites for hydroxylation is 7. The van der Waals surface area contributed by atoms with E-state index in [2.05, 4.69) is 83.3 Å². The van der Waals surface area contributed by atoms with Gasteiger partial charge in [-0.1, -0.05) is 17.7 Å². The lowest BCUT2D eigenvalue weighted by atomic mass is 10.0. The Bertz CT molecular complexity index is 861. The van der Waals surface area contributed by atoms with Crippen LogP contribution in [0.2, 0.25) is 0 Å². The van der Waals surface area contributed by atoms with Crippen LogP contribution in [0.5, 0.6) is 0 Å². The van der Waals surface area contributed by atoms with Crippen LogP contribution in [0.15, 0.2) is 24.3 Å². The van der Waals surface area contributed by atoms with Crippen molar-refractivity contribution in [2.24, 2.45) is 0 Å². The molecule has 0 bridgehead atoms. The molecule has 26 heavy (non-hydrogen) atoms. The second-order valence-electron chi connectivity index (χ2n) is 7.42. The monoisotopic (exact) mass is 351 g/mol. The van der Waals surface area contributed by atoms with Crippen molar-refractivity contribution in [2.45, 2.75) is 61.8 Å². The van der Waals surface area contributed by atoms with Crippen molar-refractivity contribution in [2.75, 3.05) is 4.90 Å². The lowest BCUT2D eigenvalue weighted by Gasteiger charge is -2.29. The van der Waals surface area contributed by atoms with E-state index in [4.69, 9.17) is 0 Å². The summed E-state index contributed by atoms with van der Waals surface area (Å²) in [7, 11) is 0. The Morgan fingerprint density at radius 2 is 1.12 bits per heavy atom. The van der Waals surface area contributed by atoms with E-state index in [1.807, 2.05) is 13.8 Å². The first-order valence-electron chi connectivity index (χ1n) is 9.09. The number of hydrogen-bond donors (Lipinski definition) is 0. The van der Waals surface area contributed by atoms with Crippen LogP contribution in [0.25, 0.3) is 0 Å². The molecule has 0 aliphatic carbocycles. The summed E-state index contributed by atoms with van der Waals surface area (Å²) in [5.41, 5.74) is 9.55. The van der Waals surface area contributed by atoms with Crippen LogP contribution < -0.4 is 4.90 Å². The van der Waals surface area contributed by atoms with Gasteiger partial charge in [-0.3, -0.25) is 0 Å². The summed E-state index contributed by atoms with van der Waals surface area (Å²) in [6.07, 6.45) is 0. The number of aromatic nitrogens is 4. The van der Waals surface area contributed by atoms with Gasteiger partial charge in [0.15, 0.2) is 0 Å². The molecule has 0 aliphatic rings. The first-order valence-corrected chi connectivity index (χ1v) is 9.09. The van der Waals surface area contributed by atoms with E-state index in [0.29, 0.717) is 13.3 Å². The van der Waals surface area contributed by atoms with E-state index < -0.39 is 0 Å². The number of rotatable bonds is 5. The lowest BCUT2D eigenvalue weighted by molar-refractivity contribution is 0.483. The zero-order chi connectivity index (χ0) is 19.0. The molecule has 0 saturated heterocycles. The summed E-state index contributed by atoms with van der Waals surface area (Å²) in [6.45, 7) is 16.2. The van der Waals surface area contributed by atoms with Gasteiger partial charge < -0.3 is 4.90 Å². The summed E-state index contributed by atoms with van der Waals surface area (Å²) < 4.78 is 4.14. The molecule has 0 atom stereocenters. The largest absolute Gasteiger partial charge is 0.332 e. The van der Waals surface area contributed by atoms with Crippen LogP contribution in [-0.2, 0) is 13.3 Å². The van der Waals surface area contributed by atoms with Crippen molar-refractivity contribution in [3.63, 3.8) is 0 Å². The van der Waals surface area contributed by atoms with Gasteiger partial charge in [-0.05, 0) is 71.7 Å². The van der Waals surface area contributed by atoms with Crippen molar-refractivity contribution in [3.8, 4) is 0 Å². The molecule has 0 unspecified atom stereocenters. The van der Waals surface area contributed by atoms with Gasteiger partial charge >= 0.3 is 0 Å². The SMILES string of the molecule is Cc1cc(C)c(N(Cn2nc(C)cc2C)Cn2nc(C)cc2C)c(C)c1. The van der Waals surface area contributed by atoms with Gasteiger partial charge in [0.1, 0.15) is 13.3 Å². The molecule has 138 valence electrons. The molecule has 0 aliphatic heterocycles. The maximum Gasteiger partial charge on any atom is 0.114 e. The third kappa shape index (κ3) is 3.66. The third-order valence-electron chi connectivity index (χ3n) is 4.77. The highest BCUT2D eigenvalue weighted by Gasteiger charge is 2.17. The molecule has 5 nitrogen and oxygen atoms in total. The number of nitrogens with zero attached hydrogens (tertiary/aromatic N) is 5. The maximum atomic E-state index is 4.67. The van der Waals surface area contributed by atoms with Crippen LogP contribution in [0.1, 0.15) is 39.5 Å². The van der Waals surface area contributed by atoms with Gasteiger partial charge in [0, 0.05) is 17.1 Å². The Kier molecular flexibility index (Phi) is 4.90. The molecule has 2 aromatic heterocycles. The van der Waals surface area contributed by atoms with Gasteiger partial charge in [0.25, 0.3) is 0 Å². The van der Waals surface area contributed by atoms with Crippen molar-refractivity contribution in [3.05, 3.63) is 63.7 Å². The highest BCUT2D eigenvalue weighted by atomic mass is 15.4. The zero-order valence-electron chi connectivity index (χ0n) is 17.0. The average molecular weight is 351 g/mol. The van der Waals surface area contributed by atoms with Gasteiger partial charge in [-0.2, -0.15) is 10.2 Å². The topological polar surface area (TPSA) is 38.9 Å². The Morgan fingerprint density at radius 3 is 1.46 bits per heavy atom. The minimum absolute atomic E-state index is 0.697. The maximum absolute atomic E-state index is 4.67. The normalized spacial score (nSPS) is 11.2. The standard InChI is InChI=1S/C21H29N5/c1-14-8-15(2)21(16(3)9-14)24(12-25-19(6)10-17(4)22-25)13-26-20(7)11-18(5)23-26/h8-11H,12-13H2,1-7H3. The minimum Gasteiger partial charge on any atom is -0.332 e. The van der Waals surface area contributed by atoms with Crippen molar-refractivity contribution >= 4 is 5.69 Å². The van der Waals surface area contributed by atoms with Crippen LogP contribution in [0.4, 0.5) is 5.69 Å². The smallest absolute Gasteiger partial charge is 0.114 e. The zero-order valence-corrected chi connectivity index (χ0v) is 17.0. The summed E-state index contributed by atoms with van der Waals surface area (Å²) in [5, 5.41) is 9.33. The summed E-state index contributed by atoms with van der Waals surface area (Å²) in [5.74, 6) is 0. The Balaban J connectivity index is 2.04. The molecular weight excluding hydrogens is 322 g/mol. The van der Waals surface area contributed by atoms with E-state index in [1.54, 1.807) is 0 Å². The van der Waals surface area contributed by atoms with Gasteiger partial charge in [0.2, 0.25) is 0 Å². The molecule has 0 amide bonds. The first kappa shape index (κ1) is 18.2. The highest BCUT2D eigenvalue weighted by molar-refractivity contribution is 5.59. The average Bonchev–Trinajstić information content (AvgIpc) is 2.99.